The molecule has 0 amide bonds. The van der Waals surface area contributed by atoms with E-state index in [1.54, 1.807) is 6.07 Å². The minimum atomic E-state index is -1.18. The molecule has 246 valence electrons. The largest absolute Gasteiger partial charge is 0.507 e. The van der Waals surface area contributed by atoms with Crippen LogP contribution in [0.5, 0.6) is 5.75 Å². The number of carboxylic acid groups (broad SMARTS) is 1. The van der Waals surface area contributed by atoms with Gasteiger partial charge in [-0.2, -0.15) is 9.67 Å². The van der Waals surface area contributed by atoms with Crippen LogP contribution in [0.2, 0.25) is 0 Å². The lowest BCUT2D eigenvalue weighted by Gasteiger charge is -2.24. The van der Waals surface area contributed by atoms with Crippen LogP contribution in [-0.4, -0.2) is 21.9 Å². The maximum Gasteiger partial charge on any atom is 0.339 e. The van der Waals surface area contributed by atoms with Gasteiger partial charge in [0.2, 0.25) is 17.1 Å². The third kappa shape index (κ3) is 6.27. The van der Waals surface area contributed by atoms with Crippen molar-refractivity contribution < 1.29 is 19.6 Å². The molecule has 8 rings (SSSR count). The molecule has 1 atom stereocenters. The molecule has 7 aromatic rings. The summed E-state index contributed by atoms with van der Waals surface area (Å²) < 4.78 is 2.07. The van der Waals surface area contributed by atoms with E-state index in [1.807, 2.05) is 48.5 Å². The summed E-state index contributed by atoms with van der Waals surface area (Å²) in [7, 11) is 0. The number of phenols is 1. The van der Waals surface area contributed by atoms with Gasteiger partial charge in [0, 0.05) is 35.7 Å². The molecule has 0 saturated carbocycles. The summed E-state index contributed by atoms with van der Waals surface area (Å²) in [5.74, 6) is -1.47. The molecule has 0 aliphatic carbocycles. The smallest absolute Gasteiger partial charge is 0.339 e. The Morgan fingerprint density at radius 2 is 1.12 bits per heavy atom. The number of benzene rings is 6. The Labute approximate surface area is 296 Å². The van der Waals surface area contributed by atoms with E-state index in [4.69, 9.17) is 5.10 Å². The topological polar surface area (TPSA) is 77.0 Å². The fourth-order valence-electron chi connectivity index (χ4n) is 6.82. The quantitative estimate of drug-likeness (QED) is 0.159. The molecule has 6 nitrogen and oxygen atoms in total. The number of hydrogen-bond acceptors (Lipinski definition) is 4. The Morgan fingerprint density at radius 1 is 0.588 bits per heavy atom. The summed E-state index contributed by atoms with van der Waals surface area (Å²) in [5, 5.41) is 27.7. The van der Waals surface area contributed by atoms with E-state index in [-0.39, 0.29) is 17.4 Å². The lowest BCUT2D eigenvalue weighted by molar-refractivity contribution is -0.572. The summed E-state index contributed by atoms with van der Waals surface area (Å²) in [6, 6.07) is 58.7. The normalized spacial score (nSPS) is 13.9. The second-order valence-electron chi connectivity index (χ2n) is 12.5. The lowest BCUT2D eigenvalue weighted by atomic mass is 9.97. The van der Waals surface area contributed by atoms with Crippen LogP contribution in [0.25, 0.3) is 39.3 Å². The minimum Gasteiger partial charge on any atom is -0.507 e. The first-order chi connectivity index (χ1) is 25.0. The van der Waals surface area contributed by atoms with E-state index in [1.165, 1.54) is 17.7 Å². The third-order valence-corrected chi connectivity index (χ3v) is 9.34. The molecule has 0 saturated heterocycles. The maximum absolute atomic E-state index is 11.8. The van der Waals surface area contributed by atoms with E-state index < -0.39 is 5.97 Å². The molecule has 6 heteroatoms. The molecule has 2 N–H and O–H groups in total. The monoisotopic (exact) mass is 664 g/mol. The minimum absolute atomic E-state index is 0.0706. The summed E-state index contributed by atoms with van der Waals surface area (Å²) >= 11 is 0. The number of aromatic nitrogens is 1. The predicted octanol–water partition coefficient (Wildman–Crippen LogP) is 9.72. The Hall–Kier alpha value is -6.79. The average molecular weight is 665 g/mol. The van der Waals surface area contributed by atoms with Gasteiger partial charge in [-0.05, 0) is 64.7 Å². The van der Waals surface area contributed by atoms with Crippen LogP contribution < -0.4 is 9.58 Å². The third-order valence-electron chi connectivity index (χ3n) is 9.34. The van der Waals surface area contributed by atoms with Crippen molar-refractivity contribution in [3.05, 3.63) is 193 Å². The molecule has 0 spiro atoms. The van der Waals surface area contributed by atoms with Crippen LogP contribution in [0.3, 0.4) is 0 Å². The van der Waals surface area contributed by atoms with Crippen molar-refractivity contribution in [3.8, 4) is 45.1 Å². The molecular formula is C45H34N3O3+. The molecule has 1 aliphatic heterocycles. The van der Waals surface area contributed by atoms with Crippen molar-refractivity contribution in [2.24, 2.45) is 5.10 Å². The highest BCUT2D eigenvalue weighted by molar-refractivity contribution is 6.03. The Balaban J connectivity index is 1.26. The second-order valence-corrected chi connectivity index (χ2v) is 12.5. The zero-order valence-electron chi connectivity index (χ0n) is 27.7. The zero-order chi connectivity index (χ0) is 34.7. The first kappa shape index (κ1) is 31.5. The summed E-state index contributed by atoms with van der Waals surface area (Å²) in [5.41, 5.74) is 10.7. The summed E-state index contributed by atoms with van der Waals surface area (Å²) in [6.45, 7) is 0. The lowest BCUT2D eigenvalue weighted by Crippen LogP contribution is -2.36. The molecule has 51 heavy (non-hydrogen) atoms. The van der Waals surface area contributed by atoms with Crippen LogP contribution in [-0.2, 0) is 0 Å². The van der Waals surface area contributed by atoms with Crippen LogP contribution in [0.1, 0.15) is 33.9 Å². The maximum atomic E-state index is 11.8. The highest BCUT2D eigenvalue weighted by Crippen LogP contribution is 2.38. The Bertz CT molecular complexity index is 2300. The summed E-state index contributed by atoms with van der Waals surface area (Å²) in [4.78, 5) is 11.8. The number of anilines is 1. The highest BCUT2D eigenvalue weighted by Gasteiger charge is 2.30. The number of aromatic hydroxyl groups is 1. The van der Waals surface area contributed by atoms with Crippen LogP contribution in [0.4, 0.5) is 5.69 Å². The molecule has 1 aromatic heterocycles. The van der Waals surface area contributed by atoms with Crippen molar-refractivity contribution in [1.29, 1.82) is 0 Å². The van der Waals surface area contributed by atoms with Gasteiger partial charge < -0.3 is 10.2 Å². The summed E-state index contributed by atoms with van der Waals surface area (Å²) in [6.07, 6.45) is 0.804. The van der Waals surface area contributed by atoms with Gasteiger partial charge >= 0.3 is 5.97 Å². The number of carboxylic acids is 1. The molecular weight excluding hydrogens is 631 g/mol. The molecule has 0 bridgehead atoms. The van der Waals surface area contributed by atoms with Crippen LogP contribution in [0, 0.1) is 0 Å². The molecule has 6 aromatic carbocycles. The second kappa shape index (κ2) is 13.6. The molecule has 0 fully saturated rings. The van der Waals surface area contributed by atoms with Gasteiger partial charge in [-0.1, -0.05) is 109 Å². The predicted molar refractivity (Wildman–Crippen MR) is 202 cm³/mol. The molecule has 2 heterocycles. The molecule has 0 unspecified atom stereocenters. The van der Waals surface area contributed by atoms with E-state index in [2.05, 4.69) is 119 Å². The Morgan fingerprint density at radius 3 is 1.65 bits per heavy atom. The molecule has 0 radical (unpaired) electrons. The number of pyridine rings is 1. The number of aromatic carboxylic acids is 1. The fourth-order valence-corrected chi connectivity index (χ4v) is 6.82. The fraction of sp³-hybridized carbons (Fsp3) is 0.0444. The van der Waals surface area contributed by atoms with Gasteiger partial charge in [-0.25, -0.2) is 4.79 Å². The first-order valence-corrected chi connectivity index (χ1v) is 16.9. The molecule has 1 aliphatic rings. The van der Waals surface area contributed by atoms with Gasteiger partial charge in [0.15, 0.2) is 0 Å². The number of carbonyl (C=O) groups is 1. The SMILES string of the molecule is O=C(O)c1ccc(-[n+]2c(-c3ccccc3)cc(-c3ccc(N4N=C(c5ccccc5)C[C@H]4c4ccccc4)cc3)cc2-c2ccccc2)cc1O. The number of rotatable bonds is 8. The van der Waals surface area contributed by atoms with Gasteiger partial charge in [0.05, 0.1) is 23.5 Å². The van der Waals surface area contributed by atoms with Gasteiger partial charge in [-0.3, -0.25) is 5.01 Å². The standard InChI is InChI=1S/C45H33N3O3/c49-44-29-38(25-26-39(44)45(50)51)47-41(33-15-7-2-8-16-33)27-36(28-42(47)34-17-9-3-10-18-34)31-21-23-37(24-22-31)48-43(35-19-11-4-12-20-35)30-40(46-48)32-13-5-1-6-14-32/h1-29,43H,30H2,(H-,49,50,51)/p+1/t43-/m0/s1. The van der Waals surface area contributed by atoms with Crippen LogP contribution in [0.15, 0.2) is 181 Å². The van der Waals surface area contributed by atoms with Gasteiger partial charge in [0.25, 0.3) is 0 Å². The first-order valence-electron chi connectivity index (χ1n) is 16.9. The Kier molecular flexibility index (Phi) is 8.40. The van der Waals surface area contributed by atoms with Crippen molar-refractivity contribution >= 4 is 17.4 Å². The van der Waals surface area contributed by atoms with Crippen molar-refractivity contribution in [2.45, 2.75) is 12.5 Å². The highest BCUT2D eigenvalue weighted by atomic mass is 16.4. The number of nitrogens with zero attached hydrogens (tertiary/aromatic N) is 3. The van der Waals surface area contributed by atoms with Crippen molar-refractivity contribution in [3.63, 3.8) is 0 Å². The van der Waals surface area contributed by atoms with E-state index in [0.717, 1.165) is 57.0 Å². The van der Waals surface area contributed by atoms with Crippen molar-refractivity contribution in [1.82, 2.24) is 0 Å². The number of hydrazone groups is 1. The van der Waals surface area contributed by atoms with E-state index in [0.29, 0.717) is 5.69 Å². The van der Waals surface area contributed by atoms with Gasteiger partial charge in [0.1, 0.15) is 11.3 Å². The van der Waals surface area contributed by atoms with Crippen molar-refractivity contribution in [2.75, 3.05) is 5.01 Å². The van der Waals surface area contributed by atoms with Gasteiger partial charge in [-0.15, -0.1) is 0 Å². The van der Waals surface area contributed by atoms with E-state index >= 15 is 0 Å². The average Bonchev–Trinajstić information content (AvgIpc) is 3.64. The van der Waals surface area contributed by atoms with E-state index in [9.17, 15) is 15.0 Å². The zero-order valence-corrected chi connectivity index (χ0v) is 27.7. The number of hydrogen-bond donors (Lipinski definition) is 2. The van der Waals surface area contributed by atoms with Crippen LogP contribution >= 0.6 is 0 Å².